The van der Waals surface area contributed by atoms with Gasteiger partial charge in [0.2, 0.25) is 11.8 Å². The lowest BCUT2D eigenvalue weighted by molar-refractivity contribution is -0.151. The first-order valence-electron chi connectivity index (χ1n) is 54.6. The van der Waals surface area contributed by atoms with E-state index in [-0.39, 0.29) is 72.6 Å². The van der Waals surface area contributed by atoms with Crippen molar-refractivity contribution in [3.63, 3.8) is 0 Å². The molecule has 0 unspecified atom stereocenters. The Morgan fingerprint density at radius 3 is 0.648 bits per heavy atom. The average Bonchev–Trinajstić information content (AvgIpc) is 0.952. The van der Waals surface area contributed by atoms with E-state index in [0.717, 1.165) is 270 Å². The Labute approximate surface area is 758 Å². The first-order valence-corrected chi connectivity index (χ1v) is 54.6. The maximum absolute atomic E-state index is 13.4. The third-order valence-corrected chi connectivity index (χ3v) is 25.9. The summed E-state index contributed by atoms with van der Waals surface area (Å²) in [7, 11) is 0. The molecule has 0 aliphatic heterocycles. The van der Waals surface area contributed by atoms with Gasteiger partial charge in [-0.1, -0.05) is 415 Å². The molecule has 14 heteroatoms. The lowest BCUT2D eigenvalue weighted by Gasteiger charge is -2.23. The van der Waals surface area contributed by atoms with Gasteiger partial charge in [-0.25, -0.2) is 0 Å². The van der Waals surface area contributed by atoms with Crippen LogP contribution in [-0.4, -0.2) is 123 Å². The summed E-state index contributed by atoms with van der Waals surface area (Å²) < 4.78 is 24.3. The summed E-state index contributed by atoms with van der Waals surface area (Å²) in [6.07, 6.45) is 89.9. The molecule has 0 spiro atoms. The number of hydrogen-bond acceptors (Lipinski definition) is 12. The Morgan fingerprint density at radius 2 is 0.410 bits per heavy atom. The molecule has 0 atom stereocenters. The second-order valence-corrected chi connectivity index (χ2v) is 37.9. The second-order valence-electron chi connectivity index (χ2n) is 37.9. The lowest BCUT2D eigenvalue weighted by Crippen LogP contribution is -2.37. The molecule has 122 heavy (non-hydrogen) atoms. The van der Waals surface area contributed by atoms with E-state index < -0.39 is 0 Å². The van der Waals surface area contributed by atoms with E-state index in [1.54, 1.807) is 0 Å². The molecule has 0 aromatic rings. The number of ether oxygens (including phenoxy) is 4. The van der Waals surface area contributed by atoms with Gasteiger partial charge in [0, 0.05) is 51.9 Å². The maximum Gasteiger partial charge on any atom is 0.308 e. The van der Waals surface area contributed by atoms with E-state index in [0.29, 0.717) is 39.1 Å². The summed E-state index contributed by atoms with van der Waals surface area (Å²) in [5.74, 6) is -0.0626. The summed E-state index contributed by atoms with van der Waals surface area (Å²) in [6.45, 7) is 25.6. The standard InChI is InChI=1S/C108H210N4O10/c1-9-17-25-33-45-61-77-99(78-62-46-34-26-18-10-2)107(117)119-97-75-59-43-57-73-93-111(91-71-55-41-53-69-85-105(115)121-101(81-65-49-37-29-21-13-5)82-66-50-38-30-22-14-6)95-89-109-103(113)87-88-104(114)110-90-96-112(92-72-56-42-54-70-86-106(116)122-102(83-67-51-39-31-23-15-7)84-68-52-40-32-24-16-8)94-74-58-44-60-76-98-120-108(118)100(79-63-47-35-27-19-11-3)80-64-48-36-28-20-12-4/h99-102H,9-98H2,1-8H3,(H,109,113)(H,110,114). The average molecular weight is 1720 g/mol. The third kappa shape index (κ3) is 84.9. The van der Waals surface area contributed by atoms with Gasteiger partial charge >= 0.3 is 23.9 Å². The monoisotopic (exact) mass is 1720 g/mol. The van der Waals surface area contributed by atoms with Gasteiger partial charge in [0.05, 0.1) is 25.0 Å². The molecule has 0 bridgehead atoms. The van der Waals surface area contributed by atoms with Crippen molar-refractivity contribution in [2.24, 2.45) is 11.8 Å². The van der Waals surface area contributed by atoms with Crippen LogP contribution in [-0.2, 0) is 47.7 Å². The number of hydrogen-bond donors (Lipinski definition) is 2. The highest BCUT2D eigenvalue weighted by Gasteiger charge is 2.23. The molecule has 0 aliphatic rings. The first kappa shape index (κ1) is 119. The van der Waals surface area contributed by atoms with Crippen LogP contribution in [0.2, 0.25) is 0 Å². The minimum atomic E-state index is -0.0873. The van der Waals surface area contributed by atoms with E-state index in [1.165, 1.54) is 257 Å². The van der Waals surface area contributed by atoms with Crippen molar-refractivity contribution < 1.29 is 47.7 Å². The van der Waals surface area contributed by atoms with Crippen LogP contribution in [0.5, 0.6) is 0 Å². The van der Waals surface area contributed by atoms with Gasteiger partial charge < -0.3 is 39.4 Å². The number of carbonyl (C=O) groups is 6. The van der Waals surface area contributed by atoms with Crippen LogP contribution in [0.25, 0.3) is 0 Å². The molecule has 2 N–H and O–H groups in total. The number of unbranched alkanes of at least 4 members (excludes halogenated alkanes) is 56. The number of amides is 2. The van der Waals surface area contributed by atoms with E-state index in [2.05, 4.69) is 75.8 Å². The molecule has 722 valence electrons. The molecule has 0 aromatic carbocycles. The van der Waals surface area contributed by atoms with E-state index in [1.807, 2.05) is 0 Å². The molecule has 14 nitrogen and oxygen atoms in total. The molecular formula is C108H210N4O10. The van der Waals surface area contributed by atoms with Gasteiger partial charge in [-0.05, 0) is 155 Å². The molecule has 0 fully saturated rings. The highest BCUT2D eigenvalue weighted by Crippen LogP contribution is 2.26. The van der Waals surface area contributed by atoms with Crippen molar-refractivity contribution in [3.05, 3.63) is 0 Å². The van der Waals surface area contributed by atoms with Gasteiger partial charge in [0.15, 0.2) is 0 Å². The Balaban J connectivity index is 5.79. The summed E-state index contributed by atoms with van der Waals surface area (Å²) in [4.78, 5) is 85.2. The van der Waals surface area contributed by atoms with Crippen molar-refractivity contribution in [3.8, 4) is 0 Å². The van der Waals surface area contributed by atoms with E-state index >= 15 is 0 Å². The summed E-state index contributed by atoms with van der Waals surface area (Å²) in [6, 6.07) is 0. The number of nitrogens with one attached hydrogen (secondary N) is 2. The largest absolute Gasteiger partial charge is 0.465 e. The molecule has 2 amide bonds. The Kier molecular flexibility index (Phi) is 94.2. The molecule has 0 aromatic heterocycles. The fourth-order valence-corrected chi connectivity index (χ4v) is 17.6. The molecule has 0 saturated heterocycles. The van der Waals surface area contributed by atoms with Crippen molar-refractivity contribution >= 4 is 35.7 Å². The first-order chi connectivity index (χ1) is 59.9. The van der Waals surface area contributed by atoms with Gasteiger partial charge in [-0.15, -0.1) is 0 Å². The highest BCUT2D eigenvalue weighted by molar-refractivity contribution is 5.83. The zero-order chi connectivity index (χ0) is 88.8. The normalized spacial score (nSPS) is 11.8. The Hall–Kier alpha value is -3.26. The zero-order valence-electron chi connectivity index (χ0n) is 82.9. The highest BCUT2D eigenvalue weighted by atomic mass is 16.6. The van der Waals surface area contributed by atoms with Crippen LogP contribution in [0.3, 0.4) is 0 Å². The van der Waals surface area contributed by atoms with Crippen LogP contribution >= 0.6 is 0 Å². The van der Waals surface area contributed by atoms with Crippen LogP contribution in [0, 0.1) is 11.8 Å². The summed E-state index contributed by atoms with van der Waals surface area (Å²) in [5.41, 5.74) is 0. The van der Waals surface area contributed by atoms with Crippen LogP contribution < -0.4 is 10.6 Å². The van der Waals surface area contributed by atoms with Gasteiger partial charge in [0.25, 0.3) is 0 Å². The lowest BCUT2D eigenvalue weighted by atomic mass is 9.94. The van der Waals surface area contributed by atoms with Crippen LogP contribution in [0.1, 0.15) is 569 Å². The zero-order valence-corrected chi connectivity index (χ0v) is 82.9. The predicted molar refractivity (Wildman–Crippen MR) is 522 cm³/mol. The van der Waals surface area contributed by atoms with Crippen molar-refractivity contribution in [2.45, 2.75) is 581 Å². The quantitative estimate of drug-likeness (QED) is 0.0336. The molecular weight excluding hydrogens is 1510 g/mol. The summed E-state index contributed by atoms with van der Waals surface area (Å²) in [5, 5.41) is 6.35. The van der Waals surface area contributed by atoms with Crippen LogP contribution in [0.15, 0.2) is 0 Å². The predicted octanol–water partition coefficient (Wildman–Crippen LogP) is 31.3. The number of esters is 4. The smallest absolute Gasteiger partial charge is 0.308 e. The summed E-state index contributed by atoms with van der Waals surface area (Å²) >= 11 is 0. The third-order valence-electron chi connectivity index (χ3n) is 25.9. The SMILES string of the molecule is CCCCCCCCC(CCCCCCCC)OC(=O)CCCCCCCN(CCCCCCCOC(=O)C(CCCCCCCC)CCCCCCCC)CCNC(=O)CCC(=O)NCCN(CCCCCCCOC(=O)C(CCCCCCCC)CCCCCCCC)CCCCCCCC(=O)OC(CCCCCCCC)CCCCCCCC. The van der Waals surface area contributed by atoms with Crippen LogP contribution in [0.4, 0.5) is 0 Å². The van der Waals surface area contributed by atoms with Gasteiger partial charge in [0.1, 0.15) is 12.2 Å². The number of rotatable bonds is 101. The molecule has 0 rings (SSSR count). The molecule has 0 heterocycles. The fraction of sp³-hybridized carbons (Fsp3) is 0.944. The Bertz CT molecular complexity index is 2010. The molecule has 0 radical (unpaired) electrons. The maximum atomic E-state index is 13.4. The van der Waals surface area contributed by atoms with E-state index in [4.69, 9.17) is 18.9 Å². The Morgan fingerprint density at radius 1 is 0.213 bits per heavy atom. The minimum Gasteiger partial charge on any atom is -0.465 e. The van der Waals surface area contributed by atoms with E-state index in [9.17, 15) is 28.8 Å². The van der Waals surface area contributed by atoms with Gasteiger partial charge in [-0.3, -0.25) is 28.8 Å². The second kappa shape index (κ2) is 96.8. The fourth-order valence-electron chi connectivity index (χ4n) is 17.6. The number of carbonyl (C=O) groups excluding carboxylic acids is 6. The topological polar surface area (TPSA) is 170 Å². The number of nitrogens with zero attached hydrogens (tertiary/aromatic N) is 2. The van der Waals surface area contributed by atoms with Crippen molar-refractivity contribution in [1.82, 2.24) is 20.4 Å². The molecule has 0 saturated carbocycles. The van der Waals surface area contributed by atoms with Crippen molar-refractivity contribution in [2.75, 3.05) is 65.6 Å². The minimum absolute atomic E-state index is 0.0143. The van der Waals surface area contributed by atoms with Crippen molar-refractivity contribution in [1.29, 1.82) is 0 Å². The molecule has 0 aliphatic carbocycles. The van der Waals surface area contributed by atoms with Gasteiger partial charge in [-0.2, -0.15) is 0 Å².